The highest BCUT2D eigenvalue weighted by atomic mass is 19.4. The van der Waals surface area contributed by atoms with E-state index >= 15 is 4.39 Å². The fourth-order valence-electron chi connectivity index (χ4n) is 3.92. The first kappa shape index (κ1) is 24.1. The van der Waals surface area contributed by atoms with Gasteiger partial charge in [0.1, 0.15) is 5.75 Å². The summed E-state index contributed by atoms with van der Waals surface area (Å²) in [5.74, 6) is -6.28. The number of aliphatic carboxylic acids is 1. The maximum absolute atomic E-state index is 15.0. The van der Waals surface area contributed by atoms with Crippen LogP contribution >= 0.6 is 0 Å². The van der Waals surface area contributed by atoms with Gasteiger partial charge in [0.05, 0.1) is 5.52 Å². The van der Waals surface area contributed by atoms with E-state index in [4.69, 9.17) is 0 Å². The molecule has 0 saturated carbocycles. The van der Waals surface area contributed by atoms with E-state index in [1.54, 1.807) is 13.8 Å². The minimum atomic E-state index is -4.90. The molecule has 0 aliphatic rings. The molecule has 3 rings (SSSR count). The Morgan fingerprint density at radius 3 is 2.27 bits per heavy atom. The van der Waals surface area contributed by atoms with Crippen LogP contribution in [-0.4, -0.2) is 27.9 Å². The highest BCUT2D eigenvalue weighted by Crippen LogP contribution is 2.40. The molecule has 0 radical (unpaired) electrons. The van der Waals surface area contributed by atoms with Crippen molar-refractivity contribution in [2.75, 3.05) is 0 Å². The van der Waals surface area contributed by atoms with Gasteiger partial charge in [0.15, 0.2) is 11.6 Å². The minimum Gasteiger partial charge on any atom is -0.549 e. The number of fused-ring (bicyclic) bond motifs is 1. The molecule has 1 aromatic heterocycles. The highest BCUT2D eigenvalue weighted by molar-refractivity contribution is 6.05. The summed E-state index contributed by atoms with van der Waals surface area (Å²) in [6, 6.07) is 6.43. The molecule has 6 nitrogen and oxygen atoms in total. The first-order valence-electron chi connectivity index (χ1n) is 10.0. The number of carboxylic acid groups (broad SMARTS) is 1. The standard InChI is InChI=1S/C23H21F4NO5/c1-4-11(2)17(22(31)32)18-12(3)28(15-9-10-16(29)20(24)19(15)18)21(30)13-5-7-14(8-6-13)33-23(25,26)27/h5-11,17,29H,4H2,1-3H3,(H,31,32)/p-1/t11?,17-/m0/s1. The van der Waals surface area contributed by atoms with Crippen LogP contribution in [0.2, 0.25) is 0 Å². The number of rotatable bonds is 6. The molecule has 0 fully saturated rings. The van der Waals surface area contributed by atoms with Crippen molar-refractivity contribution in [1.82, 2.24) is 4.57 Å². The average molecular weight is 466 g/mol. The number of ether oxygens (including phenoxy) is 1. The molecule has 0 aliphatic carbocycles. The molecule has 1 unspecified atom stereocenters. The lowest BCUT2D eigenvalue weighted by atomic mass is 9.84. The quantitative estimate of drug-likeness (QED) is 0.548. The number of carboxylic acids is 1. The Kier molecular flexibility index (Phi) is 6.40. The third kappa shape index (κ3) is 4.50. The van der Waals surface area contributed by atoms with E-state index in [1.807, 2.05) is 0 Å². The van der Waals surface area contributed by atoms with Crippen LogP contribution in [0.5, 0.6) is 11.5 Å². The van der Waals surface area contributed by atoms with Crippen molar-refractivity contribution in [2.24, 2.45) is 5.92 Å². The number of hydrogen-bond acceptors (Lipinski definition) is 5. The summed E-state index contributed by atoms with van der Waals surface area (Å²) >= 11 is 0. The fraction of sp³-hybridized carbons (Fsp3) is 0.304. The van der Waals surface area contributed by atoms with Crippen LogP contribution in [0.15, 0.2) is 36.4 Å². The van der Waals surface area contributed by atoms with Crippen LogP contribution in [0.4, 0.5) is 17.6 Å². The molecule has 3 aromatic rings. The first-order valence-corrected chi connectivity index (χ1v) is 10.0. The van der Waals surface area contributed by atoms with Crippen LogP contribution in [0.1, 0.15) is 47.8 Å². The Hall–Kier alpha value is -3.56. The van der Waals surface area contributed by atoms with Crippen molar-refractivity contribution in [1.29, 1.82) is 0 Å². The Morgan fingerprint density at radius 2 is 1.76 bits per heavy atom. The SMILES string of the molecule is CCC(C)[C@H](C(=O)[O-])c1c(C)n(C(=O)c2ccc(OC(F)(F)F)cc2)c2ccc(O)c(F)c12. The first-order chi connectivity index (χ1) is 15.4. The molecule has 10 heteroatoms. The van der Waals surface area contributed by atoms with Gasteiger partial charge >= 0.3 is 6.36 Å². The van der Waals surface area contributed by atoms with Gasteiger partial charge in [-0.2, -0.15) is 0 Å². The average Bonchev–Trinajstić information content (AvgIpc) is 3.02. The zero-order valence-electron chi connectivity index (χ0n) is 17.9. The van der Waals surface area contributed by atoms with E-state index in [1.165, 1.54) is 13.0 Å². The lowest BCUT2D eigenvalue weighted by Crippen LogP contribution is -2.34. The summed E-state index contributed by atoms with van der Waals surface area (Å²) < 4.78 is 57.1. The van der Waals surface area contributed by atoms with Crippen LogP contribution in [-0.2, 0) is 4.79 Å². The monoisotopic (exact) mass is 466 g/mol. The number of carbonyl (C=O) groups excluding carboxylic acids is 2. The Labute approximate surface area is 186 Å². The summed E-state index contributed by atoms with van der Waals surface area (Å²) in [6.07, 6.45) is -4.48. The molecule has 0 saturated heterocycles. The van der Waals surface area contributed by atoms with Gasteiger partial charge in [0.25, 0.3) is 5.91 Å². The molecule has 2 atom stereocenters. The number of carbonyl (C=O) groups is 2. The van der Waals surface area contributed by atoms with Crippen molar-refractivity contribution in [3.8, 4) is 11.5 Å². The van der Waals surface area contributed by atoms with Crippen LogP contribution < -0.4 is 9.84 Å². The van der Waals surface area contributed by atoms with Crippen molar-refractivity contribution < 1.29 is 42.1 Å². The maximum Gasteiger partial charge on any atom is 0.573 e. The largest absolute Gasteiger partial charge is 0.573 e. The van der Waals surface area contributed by atoms with Gasteiger partial charge in [0.2, 0.25) is 0 Å². The number of nitrogens with zero attached hydrogens (tertiary/aromatic N) is 1. The normalized spacial score (nSPS) is 13.7. The van der Waals surface area contributed by atoms with Crippen molar-refractivity contribution in [2.45, 2.75) is 39.5 Å². The van der Waals surface area contributed by atoms with Gasteiger partial charge < -0.3 is 19.7 Å². The Bertz CT molecular complexity index is 1210. The minimum absolute atomic E-state index is 0.00174. The van der Waals surface area contributed by atoms with E-state index in [0.29, 0.717) is 6.42 Å². The predicted octanol–water partition coefficient (Wildman–Crippen LogP) is 4.26. The predicted molar refractivity (Wildman–Crippen MR) is 108 cm³/mol. The molecule has 0 amide bonds. The van der Waals surface area contributed by atoms with E-state index in [2.05, 4.69) is 4.74 Å². The van der Waals surface area contributed by atoms with E-state index < -0.39 is 47.4 Å². The van der Waals surface area contributed by atoms with E-state index in [0.717, 1.165) is 34.9 Å². The van der Waals surface area contributed by atoms with Crippen molar-refractivity contribution >= 4 is 22.8 Å². The number of benzene rings is 2. The molecule has 33 heavy (non-hydrogen) atoms. The molecular weight excluding hydrogens is 446 g/mol. The molecule has 0 bridgehead atoms. The summed E-state index contributed by atoms with van der Waals surface area (Å²) in [5, 5.41) is 21.7. The topological polar surface area (TPSA) is 91.6 Å². The highest BCUT2D eigenvalue weighted by Gasteiger charge is 2.32. The number of hydrogen-bond donors (Lipinski definition) is 1. The van der Waals surface area contributed by atoms with Gasteiger partial charge in [-0.25, -0.2) is 4.39 Å². The summed E-state index contributed by atoms with van der Waals surface area (Å²) in [4.78, 5) is 25.3. The number of aromatic nitrogens is 1. The number of halogens is 4. The van der Waals surface area contributed by atoms with Crippen LogP contribution in [0, 0.1) is 18.7 Å². The molecule has 0 spiro atoms. The van der Waals surface area contributed by atoms with E-state index in [-0.39, 0.29) is 27.7 Å². The second kappa shape index (κ2) is 8.76. The van der Waals surface area contributed by atoms with Crippen molar-refractivity contribution in [3.63, 3.8) is 0 Å². The van der Waals surface area contributed by atoms with Gasteiger partial charge in [-0.3, -0.25) is 9.36 Å². The van der Waals surface area contributed by atoms with Gasteiger partial charge in [0, 0.05) is 28.5 Å². The van der Waals surface area contributed by atoms with E-state index in [9.17, 15) is 33.0 Å². The number of phenols is 1. The lowest BCUT2D eigenvalue weighted by Gasteiger charge is -2.25. The molecule has 1 heterocycles. The number of phenolic OH excluding ortho intramolecular Hbond substituents is 1. The second-order valence-corrected chi connectivity index (χ2v) is 7.69. The fourth-order valence-corrected chi connectivity index (χ4v) is 3.92. The zero-order valence-corrected chi connectivity index (χ0v) is 17.9. The third-order valence-corrected chi connectivity index (χ3v) is 5.65. The second-order valence-electron chi connectivity index (χ2n) is 7.69. The summed E-state index contributed by atoms with van der Waals surface area (Å²) in [5.41, 5.74) is 0.0776. The van der Waals surface area contributed by atoms with Gasteiger partial charge in [-0.1, -0.05) is 20.3 Å². The third-order valence-electron chi connectivity index (χ3n) is 5.65. The van der Waals surface area contributed by atoms with Gasteiger partial charge in [-0.15, -0.1) is 13.2 Å². The zero-order chi connectivity index (χ0) is 24.7. The number of alkyl halides is 3. The van der Waals surface area contributed by atoms with Crippen molar-refractivity contribution in [3.05, 3.63) is 59.0 Å². The maximum atomic E-state index is 15.0. The summed E-state index contributed by atoms with van der Waals surface area (Å²) in [7, 11) is 0. The Morgan fingerprint density at radius 1 is 1.15 bits per heavy atom. The molecule has 2 aromatic carbocycles. The van der Waals surface area contributed by atoms with Crippen LogP contribution in [0.3, 0.4) is 0 Å². The van der Waals surface area contributed by atoms with Crippen LogP contribution in [0.25, 0.3) is 10.9 Å². The Balaban J connectivity index is 2.22. The molecule has 1 N–H and O–H groups in total. The molecule has 0 aliphatic heterocycles. The molecule has 176 valence electrons. The number of aromatic hydroxyl groups is 1. The smallest absolute Gasteiger partial charge is 0.549 e. The lowest BCUT2D eigenvalue weighted by molar-refractivity contribution is -0.309. The van der Waals surface area contributed by atoms with Gasteiger partial charge in [-0.05, 0) is 54.8 Å². The molecular formula is C23H20F4NO5-. The summed E-state index contributed by atoms with van der Waals surface area (Å²) in [6.45, 7) is 4.83.